The molecule has 0 amide bonds. The van der Waals surface area contributed by atoms with Gasteiger partial charge in [0.25, 0.3) is 0 Å². The molecule has 16 heteroatoms. The first-order valence-corrected chi connectivity index (χ1v) is 15.2. The monoisotopic (exact) mass is 682 g/mol. The van der Waals surface area contributed by atoms with Gasteiger partial charge in [-0.2, -0.15) is 0 Å². The third-order valence-corrected chi connectivity index (χ3v) is 8.66. The SMILES string of the molecule is COc1ccc(CC(C)C(C)Cc2ccc(OC)c(O[C@@H]3O[C@H](C(=O)O)[C@@H](O)[C@H](O)[C@H]3O)c2)cc1O[C@H]1O[C@@H](C(=O)O)[C@H](O)[C@@H](O)[C@@H]1O. The molecule has 0 bridgehead atoms. The zero-order valence-electron chi connectivity index (χ0n) is 26.7. The first-order valence-electron chi connectivity index (χ1n) is 15.2. The molecule has 2 aromatic carbocycles. The van der Waals surface area contributed by atoms with Crippen molar-refractivity contribution in [2.45, 2.75) is 88.1 Å². The normalized spacial score (nSPS) is 31.7. The molecule has 0 spiro atoms. The van der Waals surface area contributed by atoms with Gasteiger partial charge in [-0.15, -0.1) is 0 Å². The van der Waals surface area contributed by atoms with Crippen LogP contribution in [0.3, 0.4) is 0 Å². The van der Waals surface area contributed by atoms with Crippen LogP contribution in [0.15, 0.2) is 36.4 Å². The smallest absolute Gasteiger partial charge is 0.335 e. The molecule has 12 atom stereocenters. The lowest BCUT2D eigenvalue weighted by molar-refractivity contribution is -0.271. The molecule has 2 aliphatic rings. The molecule has 2 aliphatic heterocycles. The van der Waals surface area contributed by atoms with Crippen molar-refractivity contribution in [2.75, 3.05) is 14.2 Å². The fourth-order valence-electron chi connectivity index (χ4n) is 5.58. The molecule has 4 rings (SSSR count). The van der Waals surface area contributed by atoms with Crippen molar-refractivity contribution < 1.29 is 78.9 Å². The first-order chi connectivity index (χ1) is 22.7. The molecule has 2 fully saturated rings. The number of aliphatic hydroxyl groups is 6. The van der Waals surface area contributed by atoms with Gasteiger partial charge in [0, 0.05) is 0 Å². The van der Waals surface area contributed by atoms with E-state index < -0.39 is 73.4 Å². The van der Waals surface area contributed by atoms with E-state index in [1.807, 2.05) is 26.0 Å². The Hall–Kier alpha value is -3.74. The molecule has 0 aliphatic carbocycles. The minimum absolute atomic E-state index is 0.0686. The van der Waals surface area contributed by atoms with Crippen LogP contribution in [0.1, 0.15) is 25.0 Å². The number of methoxy groups -OCH3 is 2. The highest BCUT2D eigenvalue weighted by molar-refractivity contribution is 5.74. The number of hydrogen-bond acceptors (Lipinski definition) is 14. The Kier molecular flexibility index (Phi) is 12.1. The van der Waals surface area contributed by atoms with Gasteiger partial charge < -0.3 is 69.3 Å². The van der Waals surface area contributed by atoms with Gasteiger partial charge in [0.15, 0.2) is 35.2 Å². The van der Waals surface area contributed by atoms with Crippen molar-refractivity contribution in [3.05, 3.63) is 47.5 Å². The second kappa shape index (κ2) is 15.7. The highest BCUT2D eigenvalue weighted by atomic mass is 16.7. The summed E-state index contributed by atoms with van der Waals surface area (Å²) < 4.78 is 32.7. The summed E-state index contributed by atoms with van der Waals surface area (Å²) in [4.78, 5) is 23.0. The maximum Gasteiger partial charge on any atom is 0.335 e. The van der Waals surface area contributed by atoms with Crippen LogP contribution in [0, 0.1) is 11.8 Å². The summed E-state index contributed by atoms with van der Waals surface area (Å²) in [6.07, 6.45) is -16.6. The molecular weight excluding hydrogens is 640 g/mol. The topological polar surface area (TPSA) is 251 Å². The van der Waals surface area contributed by atoms with E-state index in [0.29, 0.717) is 12.8 Å². The van der Waals surface area contributed by atoms with Crippen LogP contribution in [0.2, 0.25) is 0 Å². The zero-order valence-corrected chi connectivity index (χ0v) is 26.7. The molecule has 48 heavy (non-hydrogen) atoms. The van der Waals surface area contributed by atoms with Crippen LogP contribution in [-0.4, -0.2) is 128 Å². The molecule has 2 heterocycles. The average Bonchev–Trinajstić information content (AvgIpc) is 3.05. The van der Waals surface area contributed by atoms with Gasteiger partial charge >= 0.3 is 11.9 Å². The Morgan fingerprint density at radius 1 is 0.604 bits per heavy atom. The highest BCUT2D eigenvalue weighted by Crippen LogP contribution is 2.36. The van der Waals surface area contributed by atoms with Gasteiger partial charge in [-0.3, -0.25) is 0 Å². The van der Waals surface area contributed by atoms with Crippen LogP contribution >= 0.6 is 0 Å². The predicted molar refractivity (Wildman–Crippen MR) is 162 cm³/mol. The maximum absolute atomic E-state index is 11.5. The third-order valence-electron chi connectivity index (χ3n) is 8.66. The van der Waals surface area contributed by atoms with Crippen LogP contribution in [0.5, 0.6) is 23.0 Å². The molecule has 16 nitrogen and oxygen atoms in total. The fourth-order valence-corrected chi connectivity index (χ4v) is 5.58. The van der Waals surface area contributed by atoms with E-state index in [-0.39, 0.29) is 34.8 Å². The minimum Gasteiger partial charge on any atom is -0.493 e. The number of aliphatic carboxylic acids is 2. The minimum atomic E-state index is -1.86. The van der Waals surface area contributed by atoms with E-state index in [1.54, 1.807) is 24.3 Å². The van der Waals surface area contributed by atoms with Crippen LogP contribution in [0.25, 0.3) is 0 Å². The summed E-state index contributed by atoms with van der Waals surface area (Å²) in [6.45, 7) is 4.06. The van der Waals surface area contributed by atoms with E-state index in [4.69, 9.17) is 28.4 Å². The van der Waals surface area contributed by atoms with E-state index in [0.717, 1.165) is 11.1 Å². The maximum atomic E-state index is 11.5. The van der Waals surface area contributed by atoms with Crippen molar-refractivity contribution in [1.82, 2.24) is 0 Å². The Labute approximate surface area is 275 Å². The van der Waals surface area contributed by atoms with Gasteiger partial charge in [-0.05, 0) is 60.1 Å². The Balaban J connectivity index is 1.45. The molecule has 0 radical (unpaired) electrons. The lowest BCUT2D eigenvalue weighted by atomic mass is 9.85. The molecular formula is C32H42O16. The molecule has 8 N–H and O–H groups in total. The van der Waals surface area contributed by atoms with Gasteiger partial charge in [0.05, 0.1) is 14.2 Å². The van der Waals surface area contributed by atoms with E-state index >= 15 is 0 Å². The van der Waals surface area contributed by atoms with E-state index in [2.05, 4.69) is 0 Å². The van der Waals surface area contributed by atoms with Crippen molar-refractivity contribution in [3.8, 4) is 23.0 Å². The summed E-state index contributed by atoms with van der Waals surface area (Å²) in [7, 11) is 2.79. The van der Waals surface area contributed by atoms with Crippen molar-refractivity contribution in [3.63, 3.8) is 0 Å². The summed E-state index contributed by atoms with van der Waals surface area (Å²) in [5.74, 6) is -2.16. The predicted octanol–water partition coefficient (Wildman–Crippen LogP) is -0.697. The second-order valence-corrected chi connectivity index (χ2v) is 12.0. The van der Waals surface area contributed by atoms with Crippen molar-refractivity contribution in [1.29, 1.82) is 0 Å². The fraction of sp³-hybridized carbons (Fsp3) is 0.562. The number of benzene rings is 2. The van der Waals surface area contributed by atoms with E-state index in [9.17, 15) is 50.4 Å². The van der Waals surface area contributed by atoms with Crippen molar-refractivity contribution >= 4 is 11.9 Å². The van der Waals surface area contributed by atoms with Crippen LogP contribution < -0.4 is 18.9 Å². The summed E-state index contributed by atoms with van der Waals surface area (Å²) >= 11 is 0. The Bertz CT molecular complexity index is 1310. The number of carbonyl (C=O) groups is 2. The number of aliphatic hydroxyl groups excluding tert-OH is 6. The van der Waals surface area contributed by atoms with Gasteiger partial charge in [-0.1, -0.05) is 26.0 Å². The zero-order chi connectivity index (χ0) is 35.4. The van der Waals surface area contributed by atoms with E-state index in [1.165, 1.54) is 14.2 Å². The Morgan fingerprint density at radius 2 is 0.958 bits per heavy atom. The standard InChI is InChI=1S/C32H42O16/c1-13(9-15-5-7-17(43-3)19(11-15)45-31-25(37)21(33)23(35)27(47-31)29(39)40)14(2)10-16-6-8-18(44-4)20(12-16)46-32-26(38)22(34)24(36)28(48-32)30(41)42/h5-8,11-14,21-28,31-38H,9-10H2,1-4H3,(H,39,40)(H,41,42)/t13?,14?,21-,22+,23-,24+,25+,26-,27-,28+,31+,32-. The number of ether oxygens (including phenoxy) is 6. The quantitative estimate of drug-likeness (QED) is 0.130. The van der Waals surface area contributed by atoms with Gasteiger partial charge in [0.2, 0.25) is 12.6 Å². The number of rotatable bonds is 13. The number of hydrogen-bond donors (Lipinski definition) is 8. The summed E-state index contributed by atoms with van der Waals surface area (Å²) in [5.41, 5.74) is 1.61. The first kappa shape index (κ1) is 37.1. The molecule has 0 saturated carbocycles. The lowest BCUT2D eigenvalue weighted by Gasteiger charge is -2.38. The summed E-state index contributed by atoms with van der Waals surface area (Å²) in [6, 6.07) is 10.2. The Morgan fingerprint density at radius 3 is 1.27 bits per heavy atom. The van der Waals surface area contributed by atoms with Crippen LogP contribution in [0.4, 0.5) is 0 Å². The average molecular weight is 683 g/mol. The van der Waals surface area contributed by atoms with Crippen molar-refractivity contribution in [2.24, 2.45) is 11.8 Å². The third kappa shape index (κ3) is 8.10. The molecule has 2 unspecified atom stereocenters. The lowest BCUT2D eigenvalue weighted by Crippen LogP contribution is -2.61. The number of carboxylic acids is 2. The van der Waals surface area contributed by atoms with Crippen LogP contribution in [-0.2, 0) is 31.9 Å². The van der Waals surface area contributed by atoms with Gasteiger partial charge in [0.1, 0.15) is 36.6 Å². The highest BCUT2D eigenvalue weighted by Gasteiger charge is 2.49. The molecule has 0 aromatic heterocycles. The largest absolute Gasteiger partial charge is 0.493 e. The molecule has 2 saturated heterocycles. The molecule has 266 valence electrons. The van der Waals surface area contributed by atoms with Gasteiger partial charge in [-0.25, -0.2) is 9.59 Å². The second-order valence-electron chi connectivity index (χ2n) is 12.0. The molecule has 2 aromatic rings. The summed E-state index contributed by atoms with van der Waals surface area (Å²) in [5, 5.41) is 79.8. The number of carboxylic acid groups (broad SMARTS) is 2.